The zero-order valence-electron chi connectivity index (χ0n) is 4.14. The highest BCUT2D eigenvalue weighted by Crippen LogP contribution is 1.96. The summed E-state index contributed by atoms with van der Waals surface area (Å²) in [6, 6.07) is 0. The number of rotatable bonds is 1. The summed E-state index contributed by atoms with van der Waals surface area (Å²) >= 11 is 0. The molecule has 1 atom stereocenters. The summed E-state index contributed by atoms with van der Waals surface area (Å²) in [6.45, 7) is 0.670. The van der Waals surface area contributed by atoms with E-state index in [4.69, 9.17) is 11.5 Å². The maximum atomic E-state index is 9.79. The van der Waals surface area contributed by atoms with Crippen LogP contribution < -0.4 is 0 Å². The van der Waals surface area contributed by atoms with Gasteiger partial charge in [-0.3, -0.25) is 0 Å². The second kappa shape index (κ2) is 1.97. The van der Waals surface area contributed by atoms with Gasteiger partial charge in [-0.1, -0.05) is 5.92 Å². The quantitative estimate of drug-likeness (QED) is 0.454. The molecule has 0 amide bonds. The Labute approximate surface area is 42.8 Å². The number of terminal acetylenes is 1. The molecule has 0 rings (SSSR count). The SMILES string of the molecule is C#CC(C)(O)C[O]. The molecule has 1 radical (unpaired) electrons. The van der Waals surface area contributed by atoms with E-state index in [0.29, 0.717) is 0 Å². The van der Waals surface area contributed by atoms with Crippen LogP contribution in [0.2, 0.25) is 0 Å². The Hall–Kier alpha value is -0.520. The molecule has 0 aromatic carbocycles. The zero-order chi connectivity index (χ0) is 5.91. The van der Waals surface area contributed by atoms with Crippen LogP contribution in [0, 0.1) is 12.3 Å². The van der Waals surface area contributed by atoms with Gasteiger partial charge in [-0.05, 0) is 6.92 Å². The van der Waals surface area contributed by atoms with Crippen LogP contribution in [-0.4, -0.2) is 17.3 Å². The summed E-state index contributed by atoms with van der Waals surface area (Å²) in [4.78, 5) is 0. The first-order chi connectivity index (χ1) is 3.12. The van der Waals surface area contributed by atoms with Gasteiger partial charge in [-0.2, -0.15) is 0 Å². The Balaban J connectivity index is 3.66. The van der Waals surface area contributed by atoms with Crippen molar-refractivity contribution in [2.45, 2.75) is 12.5 Å². The molecule has 0 saturated heterocycles. The lowest BCUT2D eigenvalue weighted by atomic mass is 10.1. The summed E-state index contributed by atoms with van der Waals surface area (Å²) in [5.74, 6) is 1.93. The third-order valence-electron chi connectivity index (χ3n) is 0.592. The number of hydrogen-bond acceptors (Lipinski definition) is 1. The van der Waals surface area contributed by atoms with Crippen molar-refractivity contribution >= 4 is 0 Å². The fraction of sp³-hybridized carbons (Fsp3) is 0.600. The molecule has 2 nitrogen and oxygen atoms in total. The van der Waals surface area contributed by atoms with Crippen molar-refractivity contribution in [3.05, 3.63) is 0 Å². The van der Waals surface area contributed by atoms with Gasteiger partial charge in [0.1, 0.15) is 12.2 Å². The molecule has 0 aliphatic carbocycles. The second-order valence-electron chi connectivity index (χ2n) is 1.56. The minimum Gasteiger partial charge on any atom is -0.375 e. The molecule has 39 valence electrons. The second-order valence-corrected chi connectivity index (χ2v) is 1.56. The van der Waals surface area contributed by atoms with Gasteiger partial charge in [0, 0.05) is 0 Å². The van der Waals surface area contributed by atoms with Gasteiger partial charge >= 0.3 is 0 Å². The molecule has 0 spiro atoms. The van der Waals surface area contributed by atoms with Crippen molar-refractivity contribution in [1.29, 1.82) is 0 Å². The molecule has 0 bridgehead atoms. The van der Waals surface area contributed by atoms with E-state index < -0.39 is 12.2 Å². The molecule has 0 aromatic rings. The van der Waals surface area contributed by atoms with Gasteiger partial charge in [0.15, 0.2) is 0 Å². The molecule has 1 N–H and O–H groups in total. The van der Waals surface area contributed by atoms with Crippen LogP contribution in [0.25, 0.3) is 0 Å². The van der Waals surface area contributed by atoms with E-state index in [1.165, 1.54) is 6.92 Å². The van der Waals surface area contributed by atoms with Gasteiger partial charge in [-0.15, -0.1) is 6.42 Å². The van der Waals surface area contributed by atoms with Crippen molar-refractivity contribution in [2.75, 3.05) is 6.61 Å². The highest BCUT2D eigenvalue weighted by molar-refractivity contribution is 5.03. The Bertz CT molecular complexity index is 88.7. The van der Waals surface area contributed by atoms with E-state index in [1.54, 1.807) is 0 Å². The van der Waals surface area contributed by atoms with Crippen LogP contribution in [0.4, 0.5) is 0 Å². The van der Waals surface area contributed by atoms with Crippen LogP contribution in [-0.2, 0) is 5.11 Å². The first-order valence-corrected chi connectivity index (χ1v) is 1.90. The Morgan fingerprint density at radius 3 is 2.43 bits per heavy atom. The van der Waals surface area contributed by atoms with Crippen molar-refractivity contribution < 1.29 is 10.2 Å². The highest BCUT2D eigenvalue weighted by atomic mass is 16.3. The monoisotopic (exact) mass is 99.0 g/mol. The van der Waals surface area contributed by atoms with Crippen molar-refractivity contribution in [1.82, 2.24) is 0 Å². The smallest absolute Gasteiger partial charge is 0.148 e. The first kappa shape index (κ1) is 6.48. The molecule has 0 aliphatic heterocycles. The van der Waals surface area contributed by atoms with Crippen molar-refractivity contribution in [3.63, 3.8) is 0 Å². The number of aliphatic hydroxyl groups is 1. The molecule has 7 heavy (non-hydrogen) atoms. The predicted octanol–water partition coefficient (Wildman–Crippen LogP) is -0.199. The third-order valence-corrected chi connectivity index (χ3v) is 0.592. The largest absolute Gasteiger partial charge is 0.375 e. The standard InChI is InChI=1S/C5H7O2/c1-3-5(2,7)4-6/h1,7H,4H2,2H3. The lowest BCUT2D eigenvalue weighted by molar-refractivity contribution is 0.0182. The maximum Gasteiger partial charge on any atom is 0.148 e. The molecule has 0 heterocycles. The molecule has 0 aliphatic rings. The molecule has 1 unspecified atom stereocenters. The fourth-order valence-electron chi connectivity index (χ4n) is 0.0417. The van der Waals surface area contributed by atoms with Crippen molar-refractivity contribution in [2.24, 2.45) is 0 Å². The topological polar surface area (TPSA) is 40.1 Å². The van der Waals surface area contributed by atoms with E-state index in [1.807, 2.05) is 5.92 Å². The van der Waals surface area contributed by atoms with E-state index in [0.717, 1.165) is 0 Å². The van der Waals surface area contributed by atoms with Crippen LogP contribution in [0.1, 0.15) is 6.92 Å². The van der Waals surface area contributed by atoms with E-state index >= 15 is 0 Å². The normalized spacial score (nSPS) is 17.4. The summed E-state index contributed by atoms with van der Waals surface area (Å²) in [5.41, 5.74) is -1.44. The van der Waals surface area contributed by atoms with E-state index in [-0.39, 0.29) is 0 Å². The van der Waals surface area contributed by atoms with Gasteiger partial charge in [0.25, 0.3) is 0 Å². The highest BCUT2D eigenvalue weighted by Gasteiger charge is 2.13. The third kappa shape index (κ3) is 2.21. The maximum absolute atomic E-state index is 9.79. The summed E-state index contributed by atoms with van der Waals surface area (Å²) < 4.78 is 0. The molecule has 2 heteroatoms. The molecular weight excluding hydrogens is 92.1 g/mol. The summed E-state index contributed by atoms with van der Waals surface area (Å²) in [7, 11) is 0. The van der Waals surface area contributed by atoms with Gasteiger partial charge in [0.05, 0.1) is 0 Å². The molecule has 0 fully saturated rings. The van der Waals surface area contributed by atoms with E-state index in [9.17, 15) is 5.11 Å². The minimum absolute atomic E-state index is 0.635. The van der Waals surface area contributed by atoms with Crippen molar-refractivity contribution in [3.8, 4) is 12.3 Å². The van der Waals surface area contributed by atoms with Gasteiger partial charge in [0.2, 0.25) is 0 Å². The Morgan fingerprint density at radius 2 is 2.43 bits per heavy atom. The van der Waals surface area contributed by atoms with Gasteiger partial charge in [-0.25, -0.2) is 5.11 Å². The Morgan fingerprint density at radius 1 is 2.00 bits per heavy atom. The minimum atomic E-state index is -1.44. The summed E-state index contributed by atoms with van der Waals surface area (Å²) in [6.07, 6.45) is 4.72. The fourth-order valence-corrected chi connectivity index (χ4v) is 0.0417. The zero-order valence-corrected chi connectivity index (χ0v) is 4.14. The van der Waals surface area contributed by atoms with Crippen LogP contribution in [0.15, 0.2) is 0 Å². The Kier molecular flexibility index (Phi) is 1.82. The molecule has 0 aromatic heterocycles. The average molecular weight is 99.1 g/mol. The van der Waals surface area contributed by atoms with Gasteiger partial charge < -0.3 is 5.11 Å². The first-order valence-electron chi connectivity index (χ1n) is 1.90. The predicted molar refractivity (Wildman–Crippen MR) is 25.0 cm³/mol. The average Bonchev–Trinajstić information content (AvgIpc) is 1.68. The van der Waals surface area contributed by atoms with Crippen LogP contribution >= 0.6 is 0 Å². The molecular formula is C5H7O2. The lowest BCUT2D eigenvalue weighted by Gasteiger charge is -2.07. The van der Waals surface area contributed by atoms with E-state index in [2.05, 4.69) is 0 Å². The van der Waals surface area contributed by atoms with Crippen LogP contribution in [0.3, 0.4) is 0 Å². The number of hydrogen-bond donors (Lipinski definition) is 1. The summed E-state index contributed by atoms with van der Waals surface area (Å²) in [5, 5.41) is 18.4. The lowest BCUT2D eigenvalue weighted by Crippen LogP contribution is -2.25. The molecule has 0 saturated carbocycles. The van der Waals surface area contributed by atoms with Crippen LogP contribution in [0.5, 0.6) is 0 Å².